The minimum atomic E-state index is -3.80. The number of carbonyl (C=O) groups is 2. The molecule has 2 N–H and O–H groups in total. The lowest BCUT2D eigenvalue weighted by Gasteiger charge is -2.15. The van der Waals surface area contributed by atoms with Gasteiger partial charge in [0.15, 0.2) is 0 Å². The molecule has 0 heterocycles. The highest BCUT2D eigenvalue weighted by Gasteiger charge is 2.19. The molecule has 31 heavy (non-hydrogen) atoms. The fourth-order valence-corrected chi connectivity index (χ4v) is 4.11. The molecule has 3 aromatic rings. The van der Waals surface area contributed by atoms with Crippen molar-refractivity contribution in [3.63, 3.8) is 0 Å². The van der Waals surface area contributed by atoms with Crippen LogP contribution in [0.4, 0.5) is 11.4 Å². The van der Waals surface area contributed by atoms with Crippen molar-refractivity contribution in [3.05, 3.63) is 89.5 Å². The number of benzene rings is 3. The van der Waals surface area contributed by atoms with Crippen molar-refractivity contribution in [2.45, 2.75) is 18.7 Å². The Morgan fingerprint density at radius 2 is 1.45 bits per heavy atom. The summed E-state index contributed by atoms with van der Waals surface area (Å²) in [7, 11) is -3.80. The summed E-state index contributed by atoms with van der Waals surface area (Å²) in [6, 6.07) is 19.2. The molecule has 3 aromatic carbocycles. The molecule has 0 unspecified atom stereocenters. The van der Waals surface area contributed by atoms with Crippen LogP contribution in [-0.2, 0) is 14.8 Å². The van der Waals surface area contributed by atoms with Crippen LogP contribution in [0.1, 0.15) is 33.2 Å². The molecule has 8 heteroatoms. The van der Waals surface area contributed by atoms with Gasteiger partial charge in [-0.3, -0.25) is 9.52 Å². The zero-order valence-corrected chi connectivity index (χ0v) is 17.9. The lowest BCUT2D eigenvalue weighted by atomic mass is 10.1. The number of hydrogen-bond donors (Lipinski definition) is 2. The van der Waals surface area contributed by atoms with E-state index < -0.39 is 21.9 Å². The monoisotopic (exact) mass is 438 g/mol. The molecule has 0 aromatic heterocycles. The number of hydrogen-bond acceptors (Lipinski definition) is 5. The topological polar surface area (TPSA) is 102 Å². The van der Waals surface area contributed by atoms with Gasteiger partial charge in [0.25, 0.3) is 15.9 Å². The zero-order chi connectivity index (χ0) is 22.4. The molecule has 1 amide bonds. The predicted octanol–water partition coefficient (Wildman–Crippen LogP) is 4.22. The van der Waals surface area contributed by atoms with E-state index in [-0.39, 0.29) is 28.3 Å². The van der Waals surface area contributed by atoms with Gasteiger partial charge in [-0.2, -0.15) is 0 Å². The second-order valence-corrected chi connectivity index (χ2v) is 8.30. The van der Waals surface area contributed by atoms with Crippen molar-refractivity contribution in [3.8, 4) is 0 Å². The van der Waals surface area contributed by atoms with E-state index in [0.717, 1.165) is 0 Å². The largest absolute Gasteiger partial charge is 0.462 e. The van der Waals surface area contributed by atoms with Crippen molar-refractivity contribution >= 4 is 33.3 Å². The van der Waals surface area contributed by atoms with Gasteiger partial charge in [-0.05, 0) is 55.8 Å². The summed E-state index contributed by atoms with van der Waals surface area (Å²) < 4.78 is 32.8. The van der Waals surface area contributed by atoms with E-state index in [0.29, 0.717) is 11.3 Å². The number of carbonyl (C=O) groups excluding carboxylic acids is 2. The highest BCUT2D eigenvalue weighted by Crippen LogP contribution is 2.24. The van der Waals surface area contributed by atoms with Gasteiger partial charge < -0.3 is 10.1 Å². The van der Waals surface area contributed by atoms with Crippen LogP contribution in [0.15, 0.2) is 77.7 Å². The van der Waals surface area contributed by atoms with Crippen molar-refractivity contribution < 1.29 is 22.7 Å². The second kappa shape index (κ2) is 9.44. The maximum atomic E-state index is 12.9. The first-order chi connectivity index (χ1) is 14.8. The Morgan fingerprint density at radius 1 is 0.839 bits per heavy atom. The van der Waals surface area contributed by atoms with Crippen molar-refractivity contribution in [1.82, 2.24) is 0 Å². The molecule has 160 valence electrons. The average molecular weight is 439 g/mol. The molecule has 0 atom stereocenters. The van der Waals surface area contributed by atoms with Crippen molar-refractivity contribution in [2.75, 3.05) is 16.6 Å². The Hall–Kier alpha value is -3.65. The van der Waals surface area contributed by atoms with Gasteiger partial charge >= 0.3 is 5.97 Å². The van der Waals surface area contributed by atoms with Gasteiger partial charge in [0.1, 0.15) is 0 Å². The fourth-order valence-electron chi connectivity index (χ4n) is 2.96. The average Bonchev–Trinajstić information content (AvgIpc) is 2.76. The number of nitrogens with one attached hydrogen (secondary N) is 2. The van der Waals surface area contributed by atoms with Crippen LogP contribution in [0.25, 0.3) is 0 Å². The van der Waals surface area contributed by atoms with Crippen LogP contribution < -0.4 is 10.0 Å². The van der Waals surface area contributed by atoms with Gasteiger partial charge in [-0.25, -0.2) is 13.2 Å². The standard InChI is InChI=1S/C23H22N2O5S/c1-3-30-23(27)19-12-7-8-14-21(19)24-22(26)18-13-9-15-20(16(18)2)25-31(28,29)17-10-5-4-6-11-17/h4-15,25H,3H2,1-2H3,(H,24,26). The summed E-state index contributed by atoms with van der Waals surface area (Å²) in [6.07, 6.45) is 0. The number of sulfonamides is 1. The molecule has 3 rings (SSSR count). The maximum Gasteiger partial charge on any atom is 0.340 e. The molecule has 0 saturated carbocycles. The molecule has 0 spiro atoms. The Labute approximate surface area is 181 Å². The Balaban J connectivity index is 1.87. The lowest BCUT2D eigenvalue weighted by Crippen LogP contribution is -2.18. The summed E-state index contributed by atoms with van der Waals surface area (Å²) in [5.41, 5.74) is 1.55. The summed E-state index contributed by atoms with van der Waals surface area (Å²) in [5, 5.41) is 2.71. The number of ether oxygens (including phenoxy) is 1. The molecule has 0 aliphatic carbocycles. The summed E-state index contributed by atoms with van der Waals surface area (Å²) in [5.74, 6) is -1.02. The van der Waals surface area contributed by atoms with Gasteiger partial charge in [-0.1, -0.05) is 36.4 Å². The predicted molar refractivity (Wildman–Crippen MR) is 119 cm³/mol. The number of amides is 1. The van der Waals surface area contributed by atoms with Crippen LogP contribution in [0.2, 0.25) is 0 Å². The Bertz CT molecular complexity index is 1210. The number of rotatable bonds is 7. The van der Waals surface area contributed by atoms with E-state index in [4.69, 9.17) is 4.74 Å². The van der Waals surface area contributed by atoms with Gasteiger partial charge in [-0.15, -0.1) is 0 Å². The lowest BCUT2D eigenvalue weighted by molar-refractivity contribution is 0.0527. The third-order valence-electron chi connectivity index (χ3n) is 4.55. The smallest absolute Gasteiger partial charge is 0.340 e. The number of anilines is 2. The molecule has 0 radical (unpaired) electrons. The molecule has 0 fully saturated rings. The second-order valence-electron chi connectivity index (χ2n) is 6.62. The normalized spacial score (nSPS) is 10.9. The molecule has 0 saturated heterocycles. The Kier molecular flexibility index (Phi) is 6.71. The SMILES string of the molecule is CCOC(=O)c1ccccc1NC(=O)c1cccc(NS(=O)(=O)c2ccccc2)c1C. The third-order valence-corrected chi connectivity index (χ3v) is 5.93. The van der Waals surface area contributed by atoms with Gasteiger partial charge in [0, 0.05) is 5.56 Å². The maximum absolute atomic E-state index is 12.9. The minimum absolute atomic E-state index is 0.118. The summed E-state index contributed by atoms with van der Waals surface area (Å²) in [6.45, 7) is 3.56. The molecular formula is C23H22N2O5S. The quantitative estimate of drug-likeness (QED) is 0.538. The van der Waals surface area contributed by atoms with E-state index in [1.165, 1.54) is 12.1 Å². The van der Waals surface area contributed by atoms with Crippen molar-refractivity contribution in [1.29, 1.82) is 0 Å². The molecular weight excluding hydrogens is 416 g/mol. The van der Waals surface area contributed by atoms with E-state index in [1.54, 1.807) is 74.5 Å². The first-order valence-corrected chi connectivity index (χ1v) is 11.1. The van der Waals surface area contributed by atoms with E-state index in [2.05, 4.69) is 10.0 Å². The van der Waals surface area contributed by atoms with Crippen molar-refractivity contribution in [2.24, 2.45) is 0 Å². The van der Waals surface area contributed by atoms with Crippen LogP contribution in [0.5, 0.6) is 0 Å². The van der Waals surface area contributed by atoms with E-state index in [9.17, 15) is 18.0 Å². The minimum Gasteiger partial charge on any atom is -0.462 e. The first-order valence-electron chi connectivity index (χ1n) is 9.58. The van der Waals surface area contributed by atoms with Gasteiger partial charge in [0.05, 0.1) is 28.4 Å². The highest BCUT2D eigenvalue weighted by molar-refractivity contribution is 7.92. The number of esters is 1. The molecule has 0 aliphatic heterocycles. The van der Waals surface area contributed by atoms with Gasteiger partial charge in [0.2, 0.25) is 0 Å². The van der Waals surface area contributed by atoms with Crippen LogP contribution in [0, 0.1) is 6.92 Å². The summed E-state index contributed by atoms with van der Waals surface area (Å²) >= 11 is 0. The third kappa shape index (κ3) is 5.10. The molecule has 0 bridgehead atoms. The van der Waals surface area contributed by atoms with E-state index >= 15 is 0 Å². The molecule has 0 aliphatic rings. The zero-order valence-electron chi connectivity index (χ0n) is 17.1. The highest BCUT2D eigenvalue weighted by atomic mass is 32.2. The summed E-state index contributed by atoms with van der Waals surface area (Å²) in [4.78, 5) is 25.2. The molecule has 7 nitrogen and oxygen atoms in total. The number of para-hydroxylation sites is 1. The first kappa shape index (κ1) is 22.0. The Morgan fingerprint density at radius 3 is 2.16 bits per heavy atom. The van der Waals surface area contributed by atoms with E-state index in [1.807, 2.05) is 0 Å². The van der Waals surface area contributed by atoms with Crippen LogP contribution in [0.3, 0.4) is 0 Å². The van der Waals surface area contributed by atoms with Crippen LogP contribution >= 0.6 is 0 Å². The van der Waals surface area contributed by atoms with Crippen LogP contribution in [-0.4, -0.2) is 26.9 Å². The fraction of sp³-hybridized carbons (Fsp3) is 0.130.